The predicted molar refractivity (Wildman–Crippen MR) is 157 cm³/mol. The number of rotatable bonds is 6. The van der Waals surface area contributed by atoms with Crippen LogP contribution in [0, 0.1) is 5.92 Å². The van der Waals surface area contributed by atoms with Gasteiger partial charge >= 0.3 is 6.18 Å². The Bertz CT molecular complexity index is 1480. The minimum Gasteiger partial charge on any atom is -0.493 e. The van der Waals surface area contributed by atoms with E-state index in [-0.39, 0.29) is 47.8 Å². The number of carbonyl (C=O) groups excluding carboxylic acids is 2. The largest absolute Gasteiger partial charge is 0.493 e. The van der Waals surface area contributed by atoms with Gasteiger partial charge in [0.2, 0.25) is 11.8 Å². The van der Waals surface area contributed by atoms with Crippen LogP contribution in [-0.4, -0.2) is 80.6 Å². The number of ether oxygens (including phenoxy) is 1. The van der Waals surface area contributed by atoms with Gasteiger partial charge in [0.15, 0.2) is 0 Å². The molecule has 1 aromatic heterocycles. The first-order chi connectivity index (χ1) is 20.7. The zero-order valence-corrected chi connectivity index (χ0v) is 25.1. The first-order valence-electron chi connectivity index (χ1n) is 14.7. The van der Waals surface area contributed by atoms with Crippen molar-refractivity contribution in [2.45, 2.75) is 57.3 Å². The summed E-state index contributed by atoms with van der Waals surface area (Å²) in [4.78, 5) is 29.0. The highest BCUT2D eigenvalue weighted by atomic mass is 35.5. The van der Waals surface area contributed by atoms with E-state index in [1.54, 1.807) is 24.0 Å². The second-order valence-electron chi connectivity index (χ2n) is 11.5. The highest BCUT2D eigenvalue weighted by molar-refractivity contribution is 5.85. The van der Waals surface area contributed by atoms with E-state index in [2.05, 4.69) is 33.0 Å². The van der Waals surface area contributed by atoms with Crippen LogP contribution in [0.15, 0.2) is 42.5 Å². The number of amides is 2. The van der Waals surface area contributed by atoms with Crippen LogP contribution in [-0.2, 0) is 28.7 Å². The summed E-state index contributed by atoms with van der Waals surface area (Å²) < 4.78 is 47.3. The molecule has 2 amide bonds. The molecule has 0 saturated carbocycles. The summed E-state index contributed by atoms with van der Waals surface area (Å²) in [5, 5.41) is 13.7. The van der Waals surface area contributed by atoms with Crippen molar-refractivity contribution in [1.29, 1.82) is 0 Å². The summed E-state index contributed by atoms with van der Waals surface area (Å²) in [5.74, 6) is -0.390. The fraction of sp³-hybridized carbons (Fsp3) is 0.500. The molecule has 6 rings (SSSR count). The first-order valence-corrected chi connectivity index (χ1v) is 14.7. The number of halogens is 4. The molecule has 1 N–H and O–H groups in total. The molecule has 14 heteroatoms. The average molecular weight is 634 g/mol. The number of alkyl halides is 3. The Hall–Kier alpha value is -3.71. The Kier molecular flexibility index (Phi) is 9.45. The molecule has 0 aliphatic carbocycles. The molecule has 2 aromatic carbocycles. The van der Waals surface area contributed by atoms with E-state index in [0.29, 0.717) is 70.8 Å². The number of carbonyl (C=O) groups is 2. The van der Waals surface area contributed by atoms with Gasteiger partial charge in [-0.2, -0.15) is 17.9 Å². The lowest BCUT2D eigenvalue weighted by Gasteiger charge is -2.42. The molecule has 44 heavy (non-hydrogen) atoms. The van der Waals surface area contributed by atoms with Gasteiger partial charge in [0.1, 0.15) is 5.75 Å². The fourth-order valence-corrected chi connectivity index (χ4v) is 6.54. The summed E-state index contributed by atoms with van der Waals surface area (Å²) in [6, 6.07) is 13.4. The normalized spacial score (nSPS) is 20.5. The first kappa shape index (κ1) is 31.7. The smallest absolute Gasteiger partial charge is 0.453 e. The molecule has 0 spiro atoms. The van der Waals surface area contributed by atoms with Crippen LogP contribution in [0.2, 0.25) is 0 Å². The quantitative estimate of drug-likeness (QED) is 0.441. The average Bonchev–Trinajstić information content (AvgIpc) is 3.70. The zero-order valence-electron chi connectivity index (χ0n) is 24.3. The highest BCUT2D eigenvalue weighted by Gasteiger charge is 2.39. The molecule has 2 unspecified atom stereocenters. The topological polar surface area (TPSA) is 105 Å². The fourth-order valence-electron chi connectivity index (χ4n) is 6.54. The Labute approximate surface area is 259 Å². The highest BCUT2D eigenvalue weighted by Crippen LogP contribution is 2.36. The summed E-state index contributed by atoms with van der Waals surface area (Å²) >= 11 is 0. The third-order valence-corrected chi connectivity index (χ3v) is 8.81. The number of tetrazole rings is 1. The Balaban J connectivity index is 0.00000384. The van der Waals surface area contributed by atoms with Crippen LogP contribution in [0.3, 0.4) is 0 Å². The summed E-state index contributed by atoms with van der Waals surface area (Å²) in [5.41, 5.74) is 2.89. The number of likely N-dealkylation sites (tertiary alicyclic amines) is 2. The van der Waals surface area contributed by atoms with Crippen molar-refractivity contribution in [3.63, 3.8) is 0 Å². The van der Waals surface area contributed by atoms with Crippen molar-refractivity contribution in [3.8, 4) is 11.4 Å². The Morgan fingerprint density at radius 1 is 1.05 bits per heavy atom. The van der Waals surface area contributed by atoms with Gasteiger partial charge in [-0.3, -0.25) is 9.59 Å². The van der Waals surface area contributed by atoms with E-state index in [1.807, 2.05) is 23.1 Å². The van der Waals surface area contributed by atoms with Crippen LogP contribution in [0.4, 0.5) is 13.2 Å². The van der Waals surface area contributed by atoms with E-state index in [1.165, 1.54) is 0 Å². The van der Waals surface area contributed by atoms with Crippen molar-refractivity contribution in [3.05, 3.63) is 65.0 Å². The van der Waals surface area contributed by atoms with Gasteiger partial charge in [0, 0.05) is 69.5 Å². The Morgan fingerprint density at radius 3 is 2.48 bits per heavy atom. The van der Waals surface area contributed by atoms with Crippen molar-refractivity contribution in [1.82, 2.24) is 35.3 Å². The van der Waals surface area contributed by atoms with Gasteiger partial charge in [-0.15, -0.1) is 17.5 Å². The number of piperidine rings is 2. The van der Waals surface area contributed by atoms with Crippen LogP contribution in [0.1, 0.15) is 54.6 Å². The summed E-state index contributed by atoms with van der Waals surface area (Å²) in [7, 11) is 0. The van der Waals surface area contributed by atoms with Crippen molar-refractivity contribution >= 4 is 24.2 Å². The minimum absolute atomic E-state index is 0. The van der Waals surface area contributed by atoms with Crippen molar-refractivity contribution < 1.29 is 27.5 Å². The van der Waals surface area contributed by atoms with Crippen LogP contribution in [0.25, 0.3) is 5.69 Å². The molecular formula is C30H35ClF3N7O3. The molecular weight excluding hydrogens is 599 g/mol. The lowest BCUT2D eigenvalue weighted by molar-refractivity contribution is -0.146. The van der Waals surface area contributed by atoms with Crippen LogP contribution in [0.5, 0.6) is 5.75 Å². The van der Waals surface area contributed by atoms with E-state index in [4.69, 9.17) is 4.74 Å². The standard InChI is InChI=1S/C30H34F3N7O3.ClH/c1-19(41)38-11-7-21(8-12-38)28(42)39-13-9-26(25(18-39)20-5-3-2-4-6-20)34-17-23-16-24(15-22-10-14-43-27(22)23)40-29(30(31,32)33)35-36-37-40;/h2-6,15-16,21,25-26,34H,7-14,17-18H2,1H3;1H. The lowest BCUT2D eigenvalue weighted by atomic mass is 9.84. The van der Waals surface area contributed by atoms with E-state index in [0.717, 1.165) is 21.4 Å². The van der Waals surface area contributed by atoms with E-state index < -0.39 is 12.0 Å². The third-order valence-electron chi connectivity index (χ3n) is 8.81. The zero-order chi connectivity index (χ0) is 30.1. The maximum atomic E-state index is 13.6. The molecule has 3 aromatic rings. The number of aromatic nitrogens is 4. The van der Waals surface area contributed by atoms with E-state index >= 15 is 0 Å². The van der Waals surface area contributed by atoms with Gasteiger partial charge in [-0.25, -0.2) is 0 Å². The molecule has 3 aliphatic heterocycles. The molecule has 0 radical (unpaired) electrons. The second kappa shape index (κ2) is 13.1. The van der Waals surface area contributed by atoms with Gasteiger partial charge in [0.25, 0.3) is 5.82 Å². The molecule has 10 nitrogen and oxygen atoms in total. The van der Waals surface area contributed by atoms with Gasteiger partial charge in [-0.05, 0) is 52.9 Å². The molecule has 3 aliphatic rings. The third kappa shape index (κ3) is 6.53. The molecule has 2 saturated heterocycles. The van der Waals surface area contributed by atoms with Crippen molar-refractivity contribution in [2.75, 3.05) is 32.8 Å². The summed E-state index contributed by atoms with van der Waals surface area (Å²) in [6.45, 7) is 4.74. The molecule has 2 fully saturated rings. The van der Waals surface area contributed by atoms with Gasteiger partial charge in [-0.1, -0.05) is 30.3 Å². The monoisotopic (exact) mass is 633 g/mol. The number of nitrogens with one attached hydrogen (secondary N) is 1. The van der Waals surface area contributed by atoms with Gasteiger partial charge in [0.05, 0.1) is 12.3 Å². The van der Waals surface area contributed by atoms with Crippen LogP contribution < -0.4 is 10.1 Å². The second-order valence-corrected chi connectivity index (χ2v) is 11.5. The van der Waals surface area contributed by atoms with Gasteiger partial charge < -0.3 is 19.9 Å². The molecule has 2 atom stereocenters. The minimum atomic E-state index is -4.70. The van der Waals surface area contributed by atoms with Crippen molar-refractivity contribution in [2.24, 2.45) is 5.92 Å². The number of nitrogens with zero attached hydrogens (tertiary/aromatic N) is 6. The maximum Gasteiger partial charge on any atom is 0.453 e. The molecule has 0 bridgehead atoms. The predicted octanol–water partition coefficient (Wildman–Crippen LogP) is 3.77. The molecule has 236 valence electrons. The summed E-state index contributed by atoms with van der Waals surface area (Å²) in [6.07, 6.45) is -2.06. The molecule has 4 heterocycles. The lowest BCUT2D eigenvalue weighted by Crippen LogP contribution is -2.52. The number of benzene rings is 2. The SMILES string of the molecule is CC(=O)N1CCC(C(=O)N2CCC(NCc3cc(-n4nnnc4C(F)(F)F)cc4c3OCC4)C(c3ccccc3)C2)CC1.Cl. The number of fused-ring (bicyclic) bond motifs is 1. The number of hydrogen-bond donors (Lipinski definition) is 1. The van der Waals surface area contributed by atoms with E-state index in [9.17, 15) is 22.8 Å². The van der Waals surface area contributed by atoms with Crippen LogP contribution >= 0.6 is 12.4 Å². The number of hydrogen-bond acceptors (Lipinski definition) is 7. The maximum absolute atomic E-state index is 13.6. The Morgan fingerprint density at radius 2 is 1.77 bits per heavy atom.